The summed E-state index contributed by atoms with van der Waals surface area (Å²) in [6, 6.07) is 9.00. The van der Waals surface area contributed by atoms with E-state index in [1.54, 1.807) is 0 Å². The van der Waals surface area contributed by atoms with E-state index in [0.29, 0.717) is 0 Å². The largest absolute Gasteiger partial charge is 0.508 e. The minimum absolute atomic E-state index is 0.0601. The zero-order valence-corrected chi connectivity index (χ0v) is 11.8. The normalized spacial score (nSPS) is 11.1. The van der Waals surface area contributed by atoms with Crippen molar-refractivity contribution in [2.75, 3.05) is 7.11 Å². The first-order chi connectivity index (χ1) is 9.82. The van der Waals surface area contributed by atoms with Gasteiger partial charge in [-0.2, -0.15) is 8.42 Å². The highest BCUT2D eigenvalue weighted by Gasteiger charge is 2.17. The van der Waals surface area contributed by atoms with Crippen LogP contribution in [0, 0.1) is 0 Å². The zero-order valence-electron chi connectivity index (χ0n) is 11.0. The summed E-state index contributed by atoms with van der Waals surface area (Å²) < 4.78 is 36.2. The molecule has 110 valence electrons. The number of methoxy groups -OCH3 is 1. The molecule has 0 heterocycles. The highest BCUT2D eigenvalue weighted by molar-refractivity contribution is 7.85. The predicted octanol–water partition coefficient (Wildman–Crippen LogP) is 1.88. The second-order valence-corrected chi connectivity index (χ2v) is 5.64. The predicted molar refractivity (Wildman–Crippen MR) is 74.3 cm³/mol. The van der Waals surface area contributed by atoms with Gasteiger partial charge in [0.15, 0.2) is 5.78 Å². The Bertz CT molecular complexity index is 795. The van der Waals surface area contributed by atoms with Gasteiger partial charge in [0.25, 0.3) is 10.1 Å². The van der Waals surface area contributed by atoms with Gasteiger partial charge in [-0.05, 0) is 24.3 Å². The Kier molecular flexibility index (Phi) is 3.97. The van der Waals surface area contributed by atoms with Gasteiger partial charge in [-0.1, -0.05) is 12.1 Å². The van der Waals surface area contributed by atoms with Crippen LogP contribution in [0.4, 0.5) is 0 Å². The van der Waals surface area contributed by atoms with Crippen LogP contribution in [0.5, 0.6) is 11.5 Å². The molecule has 7 heteroatoms. The third-order valence-corrected chi connectivity index (χ3v) is 3.67. The molecule has 0 atom stereocenters. The minimum Gasteiger partial charge on any atom is -0.508 e. The fourth-order valence-electron chi connectivity index (χ4n) is 1.82. The topological polar surface area (TPSA) is 101 Å². The summed E-state index contributed by atoms with van der Waals surface area (Å²) in [5.74, 6) is -0.385. The zero-order chi connectivity index (χ0) is 15.6. The summed E-state index contributed by atoms with van der Waals surface area (Å²) in [6.07, 6.45) is 0. The van der Waals surface area contributed by atoms with E-state index < -0.39 is 15.9 Å². The molecule has 21 heavy (non-hydrogen) atoms. The molecular weight excluding hydrogens is 296 g/mol. The van der Waals surface area contributed by atoms with Crippen LogP contribution < -0.4 is 4.74 Å². The molecule has 0 spiro atoms. The second-order valence-electron chi connectivity index (χ2n) is 4.22. The Labute approximate surface area is 121 Å². The van der Waals surface area contributed by atoms with E-state index >= 15 is 0 Å². The molecule has 6 nitrogen and oxygen atoms in total. The molecule has 0 saturated carbocycles. The number of phenols is 1. The van der Waals surface area contributed by atoms with Crippen molar-refractivity contribution in [2.45, 2.75) is 4.90 Å². The van der Waals surface area contributed by atoms with E-state index in [4.69, 9.17) is 9.29 Å². The smallest absolute Gasteiger partial charge is 0.294 e. The number of benzene rings is 2. The molecule has 2 N–H and O–H groups in total. The van der Waals surface area contributed by atoms with E-state index in [1.165, 1.54) is 43.5 Å². The van der Waals surface area contributed by atoms with Gasteiger partial charge in [0.05, 0.1) is 17.6 Å². The Morgan fingerprint density at radius 2 is 1.86 bits per heavy atom. The van der Waals surface area contributed by atoms with Gasteiger partial charge in [-0.3, -0.25) is 9.35 Å². The lowest BCUT2D eigenvalue weighted by Crippen LogP contribution is -2.06. The maximum atomic E-state index is 12.4. The standard InChI is InChI=1S/C14H12O6S/c1-20-13-8-10(15)5-6-12(13)14(16)9-3-2-4-11(7-9)21(17,18)19/h2-8,15H,1H3,(H,17,18,19). The van der Waals surface area contributed by atoms with Crippen LogP contribution in [0.25, 0.3) is 0 Å². The van der Waals surface area contributed by atoms with E-state index in [1.807, 2.05) is 0 Å². The van der Waals surface area contributed by atoms with Gasteiger partial charge < -0.3 is 9.84 Å². The quantitative estimate of drug-likeness (QED) is 0.660. The lowest BCUT2D eigenvalue weighted by molar-refractivity contribution is 0.103. The molecule has 0 radical (unpaired) electrons. The van der Waals surface area contributed by atoms with Crippen molar-refractivity contribution in [2.24, 2.45) is 0 Å². The monoisotopic (exact) mass is 308 g/mol. The highest BCUT2D eigenvalue weighted by atomic mass is 32.2. The maximum Gasteiger partial charge on any atom is 0.294 e. The first-order valence-corrected chi connectivity index (χ1v) is 7.26. The molecule has 0 unspecified atom stereocenters. The Morgan fingerprint density at radius 1 is 1.14 bits per heavy atom. The first-order valence-electron chi connectivity index (χ1n) is 5.82. The molecule has 0 fully saturated rings. The summed E-state index contributed by atoms with van der Waals surface area (Å²) in [4.78, 5) is 12.0. The van der Waals surface area contributed by atoms with E-state index in [9.17, 15) is 18.3 Å². The van der Waals surface area contributed by atoms with Crippen molar-refractivity contribution >= 4 is 15.9 Å². The highest BCUT2D eigenvalue weighted by Crippen LogP contribution is 2.26. The van der Waals surface area contributed by atoms with Crippen molar-refractivity contribution in [3.63, 3.8) is 0 Å². The molecule has 2 aromatic rings. The molecular formula is C14H12O6S. The average molecular weight is 308 g/mol. The Balaban J connectivity index is 2.51. The number of rotatable bonds is 4. The third-order valence-electron chi connectivity index (χ3n) is 2.82. The van der Waals surface area contributed by atoms with Crippen molar-refractivity contribution in [3.05, 3.63) is 53.6 Å². The fraction of sp³-hybridized carbons (Fsp3) is 0.0714. The summed E-state index contributed by atoms with van der Waals surface area (Å²) in [5.41, 5.74) is 0.247. The van der Waals surface area contributed by atoms with Crippen LogP contribution in [-0.2, 0) is 10.1 Å². The van der Waals surface area contributed by atoms with Gasteiger partial charge in [0, 0.05) is 11.6 Å². The van der Waals surface area contributed by atoms with E-state index in [0.717, 1.165) is 6.07 Å². The number of hydrogen-bond acceptors (Lipinski definition) is 5. The lowest BCUT2D eigenvalue weighted by atomic mass is 10.0. The molecule has 0 aliphatic rings. The van der Waals surface area contributed by atoms with Gasteiger partial charge in [-0.15, -0.1) is 0 Å². The van der Waals surface area contributed by atoms with Crippen LogP contribution in [0.15, 0.2) is 47.4 Å². The SMILES string of the molecule is COc1cc(O)ccc1C(=O)c1cccc(S(=O)(=O)O)c1. The number of ether oxygens (including phenoxy) is 1. The number of phenolic OH excluding ortho intramolecular Hbond substituents is 1. The third kappa shape index (κ3) is 3.21. The molecule has 2 rings (SSSR count). The Hall–Kier alpha value is -2.38. The Morgan fingerprint density at radius 3 is 2.48 bits per heavy atom. The number of carbonyl (C=O) groups excluding carboxylic acids is 1. The van der Waals surface area contributed by atoms with E-state index in [2.05, 4.69) is 0 Å². The molecule has 0 saturated heterocycles. The molecule has 2 aromatic carbocycles. The molecule has 0 aromatic heterocycles. The molecule has 0 aliphatic carbocycles. The van der Waals surface area contributed by atoms with Crippen LogP contribution >= 0.6 is 0 Å². The van der Waals surface area contributed by atoms with Gasteiger partial charge in [-0.25, -0.2) is 0 Å². The minimum atomic E-state index is -4.39. The van der Waals surface area contributed by atoms with Crippen molar-refractivity contribution < 1.29 is 27.6 Å². The first kappa shape index (κ1) is 15.0. The van der Waals surface area contributed by atoms with Crippen LogP contribution in [0.2, 0.25) is 0 Å². The fourth-order valence-corrected chi connectivity index (χ4v) is 2.35. The van der Waals surface area contributed by atoms with Gasteiger partial charge in [0.2, 0.25) is 0 Å². The summed E-state index contributed by atoms with van der Waals surface area (Å²) in [6.45, 7) is 0. The van der Waals surface area contributed by atoms with Crippen LogP contribution in [0.3, 0.4) is 0 Å². The van der Waals surface area contributed by atoms with Crippen molar-refractivity contribution in [1.82, 2.24) is 0 Å². The number of hydrogen-bond donors (Lipinski definition) is 2. The number of ketones is 1. The van der Waals surface area contributed by atoms with Crippen LogP contribution in [-0.4, -0.2) is 31.0 Å². The maximum absolute atomic E-state index is 12.4. The molecule has 0 bridgehead atoms. The average Bonchev–Trinajstić information content (AvgIpc) is 2.45. The molecule has 0 aliphatic heterocycles. The van der Waals surface area contributed by atoms with Crippen molar-refractivity contribution in [1.29, 1.82) is 0 Å². The van der Waals surface area contributed by atoms with Gasteiger partial charge in [0.1, 0.15) is 11.5 Å². The number of aromatic hydroxyl groups is 1. The second kappa shape index (κ2) is 5.55. The van der Waals surface area contributed by atoms with Crippen LogP contribution in [0.1, 0.15) is 15.9 Å². The summed E-state index contributed by atoms with van der Waals surface area (Å²) in [7, 11) is -3.04. The van der Waals surface area contributed by atoms with Crippen molar-refractivity contribution in [3.8, 4) is 11.5 Å². The van der Waals surface area contributed by atoms with E-state index in [-0.39, 0.29) is 27.5 Å². The van der Waals surface area contributed by atoms with Gasteiger partial charge >= 0.3 is 0 Å². The summed E-state index contributed by atoms with van der Waals surface area (Å²) >= 11 is 0. The number of carbonyl (C=O) groups is 1. The summed E-state index contributed by atoms with van der Waals surface area (Å²) in [5, 5.41) is 9.37. The molecule has 0 amide bonds. The lowest BCUT2D eigenvalue weighted by Gasteiger charge is -2.08.